The lowest BCUT2D eigenvalue weighted by Crippen LogP contribution is -2.35. The maximum Gasteiger partial charge on any atom is 0.161 e. The van der Waals surface area contributed by atoms with Crippen molar-refractivity contribution >= 4 is 0 Å². The fourth-order valence-electron chi connectivity index (χ4n) is 1.57. The first-order valence-corrected chi connectivity index (χ1v) is 6.88. The van der Waals surface area contributed by atoms with Crippen LogP contribution in [0.3, 0.4) is 0 Å². The Hall–Kier alpha value is -1.26. The highest BCUT2D eigenvalue weighted by molar-refractivity contribution is 5.43. The Morgan fingerprint density at radius 3 is 2.25 bits per heavy atom. The summed E-state index contributed by atoms with van der Waals surface area (Å²) in [6.07, 6.45) is 0. The normalized spacial score (nSPS) is 12.3. The highest BCUT2D eigenvalue weighted by atomic mass is 16.5. The number of nitrogens with one attached hydrogen (secondary N) is 1. The molecule has 1 aromatic carbocycles. The molecule has 0 spiro atoms. The van der Waals surface area contributed by atoms with Crippen LogP contribution in [0.4, 0.5) is 0 Å². The average Bonchev–Trinajstić information content (AvgIpc) is 2.32. The van der Waals surface area contributed by atoms with Crippen LogP contribution in [-0.4, -0.2) is 30.0 Å². The van der Waals surface area contributed by atoms with Crippen molar-refractivity contribution in [1.82, 2.24) is 5.32 Å². The first-order valence-electron chi connectivity index (χ1n) is 6.88. The van der Waals surface area contributed by atoms with Crippen LogP contribution < -0.4 is 14.8 Å². The molecular formula is C16H27NO3. The molecule has 0 unspecified atom stereocenters. The van der Waals surface area contributed by atoms with Gasteiger partial charge in [0.25, 0.3) is 0 Å². The molecular weight excluding hydrogens is 254 g/mol. The summed E-state index contributed by atoms with van der Waals surface area (Å²) in [5.41, 5.74) is 0.310. The topological polar surface area (TPSA) is 50.7 Å². The zero-order valence-corrected chi connectivity index (χ0v) is 13.4. The third kappa shape index (κ3) is 6.26. The molecule has 0 aliphatic heterocycles. The molecule has 1 rings (SSSR count). The van der Waals surface area contributed by atoms with Gasteiger partial charge in [0.15, 0.2) is 11.5 Å². The first-order chi connectivity index (χ1) is 9.11. The van der Waals surface area contributed by atoms with Crippen molar-refractivity contribution < 1.29 is 14.6 Å². The SMILES string of the molecule is COc1ccc(CNC(C)(C)C)cc1OCC(C)(C)O. The van der Waals surface area contributed by atoms with Crippen LogP contribution in [-0.2, 0) is 6.54 Å². The van der Waals surface area contributed by atoms with E-state index in [0.29, 0.717) is 11.5 Å². The second-order valence-electron chi connectivity index (χ2n) is 6.69. The number of hydrogen-bond donors (Lipinski definition) is 2. The zero-order chi connectivity index (χ0) is 15.4. The highest BCUT2D eigenvalue weighted by Gasteiger charge is 2.16. The van der Waals surface area contributed by atoms with Crippen LogP contribution in [0.5, 0.6) is 11.5 Å². The predicted octanol–water partition coefficient (Wildman–Crippen LogP) is 2.73. The van der Waals surface area contributed by atoms with Gasteiger partial charge in [0, 0.05) is 12.1 Å². The summed E-state index contributed by atoms with van der Waals surface area (Å²) < 4.78 is 10.9. The second kappa shape index (κ2) is 6.46. The van der Waals surface area contributed by atoms with Gasteiger partial charge >= 0.3 is 0 Å². The quantitative estimate of drug-likeness (QED) is 0.842. The molecule has 0 heterocycles. The van der Waals surface area contributed by atoms with E-state index in [4.69, 9.17) is 9.47 Å². The molecule has 0 fully saturated rings. The van der Waals surface area contributed by atoms with E-state index < -0.39 is 5.60 Å². The predicted molar refractivity (Wildman–Crippen MR) is 81.4 cm³/mol. The molecule has 0 aliphatic carbocycles. The molecule has 4 heteroatoms. The summed E-state index contributed by atoms with van der Waals surface area (Å²) in [6, 6.07) is 5.84. The summed E-state index contributed by atoms with van der Waals surface area (Å²) in [6.45, 7) is 10.8. The van der Waals surface area contributed by atoms with Crippen molar-refractivity contribution in [3.05, 3.63) is 23.8 Å². The van der Waals surface area contributed by atoms with Crippen LogP contribution in [0, 0.1) is 0 Å². The van der Waals surface area contributed by atoms with Crippen LogP contribution >= 0.6 is 0 Å². The molecule has 0 saturated heterocycles. The van der Waals surface area contributed by atoms with Crippen molar-refractivity contribution in [1.29, 1.82) is 0 Å². The minimum Gasteiger partial charge on any atom is -0.493 e. The lowest BCUT2D eigenvalue weighted by atomic mass is 10.1. The van der Waals surface area contributed by atoms with Crippen molar-refractivity contribution in [3.63, 3.8) is 0 Å². The molecule has 2 N–H and O–H groups in total. The maximum absolute atomic E-state index is 9.74. The molecule has 4 nitrogen and oxygen atoms in total. The Kier molecular flexibility index (Phi) is 5.42. The Labute approximate surface area is 122 Å². The maximum atomic E-state index is 9.74. The van der Waals surface area contributed by atoms with E-state index in [2.05, 4.69) is 26.1 Å². The number of benzene rings is 1. The average molecular weight is 281 g/mol. The zero-order valence-electron chi connectivity index (χ0n) is 13.4. The van der Waals surface area contributed by atoms with Gasteiger partial charge in [-0.2, -0.15) is 0 Å². The number of hydrogen-bond acceptors (Lipinski definition) is 4. The lowest BCUT2D eigenvalue weighted by Gasteiger charge is -2.22. The van der Waals surface area contributed by atoms with Gasteiger partial charge in [-0.1, -0.05) is 6.07 Å². The van der Waals surface area contributed by atoms with Gasteiger partial charge in [-0.25, -0.2) is 0 Å². The molecule has 20 heavy (non-hydrogen) atoms. The number of aliphatic hydroxyl groups is 1. The molecule has 0 aromatic heterocycles. The minimum atomic E-state index is -0.870. The van der Waals surface area contributed by atoms with Crippen molar-refractivity contribution in [2.24, 2.45) is 0 Å². The summed E-state index contributed by atoms with van der Waals surface area (Å²) in [7, 11) is 1.61. The van der Waals surface area contributed by atoms with Crippen LogP contribution in [0.1, 0.15) is 40.2 Å². The first kappa shape index (κ1) is 16.8. The minimum absolute atomic E-state index is 0.0635. The van der Waals surface area contributed by atoms with Crippen LogP contribution in [0.15, 0.2) is 18.2 Å². The van der Waals surface area contributed by atoms with Gasteiger partial charge in [0.2, 0.25) is 0 Å². The molecule has 0 amide bonds. The Morgan fingerprint density at radius 1 is 1.10 bits per heavy atom. The number of ether oxygens (including phenoxy) is 2. The van der Waals surface area contributed by atoms with Crippen LogP contribution in [0.2, 0.25) is 0 Å². The van der Waals surface area contributed by atoms with E-state index in [1.165, 1.54) is 0 Å². The standard InChI is InChI=1S/C16H27NO3/c1-15(2,3)17-10-12-7-8-13(19-6)14(9-12)20-11-16(4,5)18/h7-9,17-18H,10-11H2,1-6H3. The number of methoxy groups -OCH3 is 1. The summed E-state index contributed by atoms with van der Waals surface area (Å²) >= 11 is 0. The molecule has 0 radical (unpaired) electrons. The molecule has 0 aliphatic rings. The van der Waals surface area contributed by atoms with Gasteiger partial charge in [0.05, 0.1) is 12.7 Å². The number of rotatable bonds is 6. The highest BCUT2D eigenvalue weighted by Crippen LogP contribution is 2.29. The molecule has 1 aromatic rings. The molecule has 0 saturated carbocycles. The van der Waals surface area contributed by atoms with E-state index in [0.717, 1.165) is 12.1 Å². The second-order valence-corrected chi connectivity index (χ2v) is 6.69. The van der Waals surface area contributed by atoms with E-state index in [9.17, 15) is 5.11 Å². The van der Waals surface area contributed by atoms with E-state index in [1.54, 1.807) is 21.0 Å². The van der Waals surface area contributed by atoms with Gasteiger partial charge in [-0.3, -0.25) is 0 Å². The van der Waals surface area contributed by atoms with E-state index in [1.807, 2.05) is 18.2 Å². The largest absolute Gasteiger partial charge is 0.493 e. The monoisotopic (exact) mass is 281 g/mol. The summed E-state index contributed by atoms with van der Waals surface area (Å²) in [4.78, 5) is 0. The molecule has 0 bridgehead atoms. The fourth-order valence-corrected chi connectivity index (χ4v) is 1.57. The fraction of sp³-hybridized carbons (Fsp3) is 0.625. The lowest BCUT2D eigenvalue weighted by molar-refractivity contribution is 0.0276. The molecule has 0 atom stereocenters. The van der Waals surface area contributed by atoms with Gasteiger partial charge in [-0.05, 0) is 52.3 Å². The Morgan fingerprint density at radius 2 is 1.75 bits per heavy atom. The third-order valence-corrected chi connectivity index (χ3v) is 2.63. The van der Waals surface area contributed by atoms with Crippen molar-refractivity contribution in [2.75, 3.05) is 13.7 Å². The Bertz CT molecular complexity index is 430. The van der Waals surface area contributed by atoms with Gasteiger partial charge < -0.3 is 19.9 Å². The molecule has 114 valence electrons. The van der Waals surface area contributed by atoms with E-state index >= 15 is 0 Å². The summed E-state index contributed by atoms with van der Waals surface area (Å²) in [5.74, 6) is 1.33. The smallest absolute Gasteiger partial charge is 0.161 e. The van der Waals surface area contributed by atoms with Gasteiger partial charge in [0.1, 0.15) is 6.61 Å². The Balaban J connectivity index is 2.80. The summed E-state index contributed by atoms with van der Waals surface area (Å²) in [5, 5.41) is 13.2. The third-order valence-electron chi connectivity index (χ3n) is 2.63. The van der Waals surface area contributed by atoms with Crippen molar-refractivity contribution in [2.45, 2.75) is 52.3 Å². The van der Waals surface area contributed by atoms with Crippen molar-refractivity contribution in [3.8, 4) is 11.5 Å². The van der Waals surface area contributed by atoms with E-state index in [-0.39, 0.29) is 12.1 Å². The van der Waals surface area contributed by atoms with Crippen LogP contribution in [0.25, 0.3) is 0 Å². The van der Waals surface area contributed by atoms with Gasteiger partial charge in [-0.15, -0.1) is 0 Å².